The number of aryl methyl sites for hydroxylation is 2. The van der Waals surface area contributed by atoms with Crippen molar-refractivity contribution in [2.75, 3.05) is 5.75 Å². The second-order valence-corrected chi connectivity index (χ2v) is 13.6. The topological polar surface area (TPSA) is 77.7 Å². The highest BCUT2D eigenvalue weighted by molar-refractivity contribution is 7.99. The summed E-state index contributed by atoms with van der Waals surface area (Å²) in [5, 5.41) is 6.54. The summed E-state index contributed by atoms with van der Waals surface area (Å²) < 4.78 is 20.4. The number of oxime groups is 1. The van der Waals surface area contributed by atoms with Gasteiger partial charge in [-0.2, -0.15) is 0 Å². The van der Waals surface area contributed by atoms with Crippen LogP contribution in [0, 0.1) is 6.92 Å². The summed E-state index contributed by atoms with van der Waals surface area (Å²) >= 11 is 5.71. The van der Waals surface area contributed by atoms with E-state index in [1.807, 2.05) is 91.9 Å². The fraction of sp³-hybridized carbons (Fsp3) is 0.132. The van der Waals surface area contributed by atoms with Crippen LogP contribution in [0.15, 0.2) is 130 Å². The molecule has 1 unspecified atom stereocenters. The molecule has 0 saturated heterocycles. The van der Waals surface area contributed by atoms with Crippen molar-refractivity contribution in [3.05, 3.63) is 143 Å². The van der Waals surface area contributed by atoms with E-state index in [4.69, 9.17) is 15.9 Å². The first-order valence-electron chi connectivity index (χ1n) is 15.1. The monoisotopic (exact) mass is 678 g/mol. The van der Waals surface area contributed by atoms with E-state index in [1.165, 1.54) is 0 Å². The van der Waals surface area contributed by atoms with Crippen LogP contribution in [0.4, 0.5) is 0 Å². The predicted octanol–water partition coefficient (Wildman–Crippen LogP) is 9.47. The van der Waals surface area contributed by atoms with Gasteiger partial charge in [-0.1, -0.05) is 59.2 Å². The smallest absolute Gasteiger partial charge is 0.265 e. The highest BCUT2D eigenvalue weighted by Crippen LogP contribution is 2.32. The standard InChI is InChI=1S/C38H31ClN2O4S2/c1-3-41-35-19-13-26(37(42)31-12-8-7-9-25(31)2)23-32(35)33-24-27(14-20-36(33)41)38(43)34(21-22-46-29-17-15-28(39)16-18-29)40-45-47(44)30-10-5-4-6-11-30/h4-20,23-24H,3,21-22H2,1-2H3. The first-order valence-corrected chi connectivity index (χ1v) is 17.6. The molecule has 1 aromatic heterocycles. The molecular weight excluding hydrogens is 648 g/mol. The molecule has 0 saturated carbocycles. The number of hydrogen-bond acceptors (Lipinski definition) is 6. The van der Waals surface area contributed by atoms with E-state index in [0.717, 1.165) is 32.3 Å². The minimum atomic E-state index is -1.88. The van der Waals surface area contributed by atoms with Gasteiger partial charge in [-0.05, 0) is 92.2 Å². The Morgan fingerprint density at radius 1 is 0.830 bits per heavy atom. The molecule has 0 aliphatic heterocycles. The average molecular weight is 679 g/mol. The van der Waals surface area contributed by atoms with Gasteiger partial charge in [0.15, 0.2) is 5.78 Å². The van der Waals surface area contributed by atoms with Crippen LogP contribution < -0.4 is 0 Å². The first kappa shape index (κ1) is 32.4. The quantitative estimate of drug-likeness (QED) is 0.0558. The number of hydrogen-bond donors (Lipinski definition) is 0. The fourth-order valence-electron chi connectivity index (χ4n) is 5.53. The zero-order valence-electron chi connectivity index (χ0n) is 25.8. The molecule has 1 atom stereocenters. The van der Waals surface area contributed by atoms with E-state index < -0.39 is 11.1 Å². The van der Waals surface area contributed by atoms with Gasteiger partial charge in [0.05, 0.1) is 4.90 Å². The number of thioether (sulfide) groups is 1. The lowest BCUT2D eigenvalue weighted by Crippen LogP contribution is -2.16. The molecule has 0 fully saturated rings. The molecule has 0 radical (unpaired) electrons. The Morgan fingerprint density at radius 2 is 1.47 bits per heavy atom. The van der Waals surface area contributed by atoms with E-state index in [9.17, 15) is 13.8 Å². The molecule has 0 aliphatic rings. The largest absolute Gasteiger partial charge is 0.341 e. The highest BCUT2D eigenvalue weighted by Gasteiger charge is 2.20. The molecule has 236 valence electrons. The number of rotatable bonds is 12. The van der Waals surface area contributed by atoms with E-state index in [0.29, 0.717) is 38.9 Å². The zero-order chi connectivity index (χ0) is 32.9. The summed E-state index contributed by atoms with van der Waals surface area (Å²) in [6, 6.07) is 35.0. The van der Waals surface area contributed by atoms with Crippen LogP contribution in [0.1, 0.15) is 45.2 Å². The maximum absolute atomic E-state index is 14.0. The number of halogens is 1. The summed E-state index contributed by atoms with van der Waals surface area (Å²) in [5.41, 5.74) is 4.67. The summed E-state index contributed by atoms with van der Waals surface area (Å²) in [5.74, 6) is 0.166. The molecule has 6 rings (SSSR count). The molecule has 9 heteroatoms. The van der Waals surface area contributed by atoms with Gasteiger partial charge in [-0.15, -0.1) is 11.8 Å². The van der Waals surface area contributed by atoms with Crippen molar-refractivity contribution >= 4 is 73.5 Å². The summed E-state index contributed by atoms with van der Waals surface area (Å²) in [7, 11) is 0. The van der Waals surface area contributed by atoms with Crippen LogP contribution in [0.5, 0.6) is 0 Å². The van der Waals surface area contributed by atoms with Crippen molar-refractivity contribution in [1.82, 2.24) is 4.57 Å². The number of aromatic nitrogens is 1. The second kappa shape index (κ2) is 14.5. The molecule has 0 bridgehead atoms. The van der Waals surface area contributed by atoms with Gasteiger partial charge in [0.25, 0.3) is 11.1 Å². The van der Waals surface area contributed by atoms with E-state index in [1.54, 1.807) is 42.1 Å². The third-order valence-electron chi connectivity index (χ3n) is 7.93. The van der Waals surface area contributed by atoms with Crippen molar-refractivity contribution in [3.8, 4) is 0 Å². The first-order chi connectivity index (χ1) is 22.8. The average Bonchev–Trinajstić information content (AvgIpc) is 3.42. The minimum Gasteiger partial charge on any atom is -0.341 e. The highest BCUT2D eigenvalue weighted by atomic mass is 35.5. The number of fused-ring (bicyclic) bond motifs is 3. The summed E-state index contributed by atoms with van der Waals surface area (Å²) in [6.45, 7) is 4.71. The third-order valence-corrected chi connectivity index (χ3v) is 10.1. The number of nitrogens with zero attached hydrogens (tertiary/aromatic N) is 2. The van der Waals surface area contributed by atoms with Crippen LogP contribution in [-0.4, -0.2) is 31.8 Å². The van der Waals surface area contributed by atoms with Gasteiger partial charge in [0.1, 0.15) is 5.71 Å². The predicted molar refractivity (Wildman–Crippen MR) is 192 cm³/mol. The zero-order valence-corrected chi connectivity index (χ0v) is 28.2. The van der Waals surface area contributed by atoms with Gasteiger partial charge in [-0.25, -0.2) is 4.21 Å². The van der Waals surface area contributed by atoms with Gasteiger partial charge < -0.3 is 4.57 Å². The molecule has 0 N–H and O–H groups in total. The van der Waals surface area contributed by atoms with Crippen molar-refractivity contribution in [2.24, 2.45) is 5.16 Å². The van der Waals surface area contributed by atoms with Gasteiger partial charge >= 0.3 is 0 Å². The van der Waals surface area contributed by atoms with E-state index in [2.05, 4.69) is 16.6 Å². The van der Waals surface area contributed by atoms with Crippen molar-refractivity contribution < 1.29 is 18.1 Å². The number of carbonyl (C=O) groups is 2. The van der Waals surface area contributed by atoms with Crippen LogP contribution in [0.2, 0.25) is 5.02 Å². The molecule has 6 nitrogen and oxygen atoms in total. The lowest BCUT2D eigenvalue weighted by Gasteiger charge is -2.08. The normalized spacial score (nSPS) is 12.4. The fourth-order valence-corrected chi connectivity index (χ4v) is 7.14. The van der Waals surface area contributed by atoms with Crippen LogP contribution in [0.3, 0.4) is 0 Å². The maximum atomic E-state index is 14.0. The lowest BCUT2D eigenvalue weighted by atomic mass is 9.97. The van der Waals surface area contributed by atoms with Gasteiger partial charge in [0.2, 0.25) is 5.78 Å². The Balaban J connectivity index is 1.35. The van der Waals surface area contributed by atoms with Crippen LogP contribution in [0.25, 0.3) is 21.8 Å². The van der Waals surface area contributed by atoms with Gasteiger partial charge in [0, 0.05) is 67.1 Å². The molecule has 6 aromatic rings. The number of benzene rings is 5. The Labute approximate surface area is 285 Å². The van der Waals surface area contributed by atoms with E-state index in [-0.39, 0.29) is 23.7 Å². The van der Waals surface area contributed by atoms with Crippen molar-refractivity contribution in [2.45, 2.75) is 36.6 Å². The lowest BCUT2D eigenvalue weighted by molar-refractivity contribution is 0.103. The SMILES string of the molecule is CCn1c2ccc(C(=O)C(CCSc3ccc(Cl)cc3)=NOS(=O)c3ccccc3)cc2c2cc(C(=O)c3ccccc3C)ccc21. The molecule has 0 aliphatic carbocycles. The summed E-state index contributed by atoms with van der Waals surface area (Å²) in [4.78, 5) is 29.0. The van der Waals surface area contributed by atoms with E-state index >= 15 is 0 Å². The minimum absolute atomic E-state index is 0.0502. The molecule has 0 spiro atoms. The number of carbonyl (C=O) groups excluding carboxylic acids is 2. The maximum Gasteiger partial charge on any atom is 0.265 e. The van der Waals surface area contributed by atoms with Crippen LogP contribution in [-0.2, 0) is 21.9 Å². The Morgan fingerprint density at radius 3 is 2.15 bits per heavy atom. The number of ketones is 2. The van der Waals surface area contributed by atoms with Crippen molar-refractivity contribution in [3.63, 3.8) is 0 Å². The molecule has 0 amide bonds. The molecule has 1 heterocycles. The Hall–Kier alpha value is -4.50. The summed E-state index contributed by atoms with van der Waals surface area (Å²) in [6.07, 6.45) is 0.280. The van der Waals surface area contributed by atoms with Crippen molar-refractivity contribution in [1.29, 1.82) is 0 Å². The molecular formula is C38H31ClN2O4S2. The molecule has 5 aromatic carbocycles. The Bertz CT molecular complexity index is 2160. The third kappa shape index (κ3) is 7.10. The Kier molecular flexibility index (Phi) is 10.0. The van der Waals surface area contributed by atoms with Crippen LogP contribution >= 0.6 is 23.4 Å². The second-order valence-electron chi connectivity index (χ2n) is 10.9. The number of Topliss-reactive ketones (excluding diaryl/α,β-unsaturated/α-hetero) is 1. The van der Waals surface area contributed by atoms with Gasteiger partial charge in [-0.3, -0.25) is 13.9 Å². The molecule has 47 heavy (non-hydrogen) atoms.